The lowest BCUT2D eigenvalue weighted by molar-refractivity contribution is -0.139. The summed E-state index contributed by atoms with van der Waals surface area (Å²) in [6.45, 7) is 0. The van der Waals surface area contributed by atoms with E-state index in [4.69, 9.17) is 5.11 Å². The molecule has 1 atom stereocenters. The van der Waals surface area contributed by atoms with Gasteiger partial charge in [-0.25, -0.2) is 4.79 Å². The van der Waals surface area contributed by atoms with Crippen molar-refractivity contribution in [3.8, 4) is 0 Å². The predicted molar refractivity (Wildman–Crippen MR) is 69.9 cm³/mol. The van der Waals surface area contributed by atoms with Crippen LogP contribution in [0, 0.1) is 5.92 Å². The minimum Gasteiger partial charge on any atom is -0.480 e. The van der Waals surface area contributed by atoms with Gasteiger partial charge in [-0.05, 0) is 24.8 Å². The van der Waals surface area contributed by atoms with E-state index in [1.54, 1.807) is 6.20 Å². The fraction of sp³-hybridized carbons (Fsp3) is 0.286. The zero-order valence-electron chi connectivity index (χ0n) is 10.2. The number of aromatic amines is 1. The zero-order chi connectivity index (χ0) is 13.4. The molecule has 5 heteroatoms. The molecule has 1 heterocycles. The van der Waals surface area contributed by atoms with Crippen LogP contribution in [-0.2, 0) is 4.79 Å². The first-order valence-electron chi connectivity index (χ1n) is 6.26. The fourth-order valence-corrected chi connectivity index (χ4v) is 2.29. The van der Waals surface area contributed by atoms with Crippen molar-refractivity contribution in [3.63, 3.8) is 0 Å². The number of hydrogen-bond acceptors (Lipinski definition) is 2. The largest absolute Gasteiger partial charge is 0.480 e. The van der Waals surface area contributed by atoms with Gasteiger partial charge < -0.3 is 15.4 Å². The molecule has 2 aromatic rings. The van der Waals surface area contributed by atoms with Crippen molar-refractivity contribution in [3.05, 3.63) is 36.0 Å². The number of benzene rings is 1. The van der Waals surface area contributed by atoms with Gasteiger partial charge in [0.25, 0.3) is 5.91 Å². The van der Waals surface area contributed by atoms with Crippen LogP contribution in [0.5, 0.6) is 0 Å². The van der Waals surface area contributed by atoms with Crippen molar-refractivity contribution in [1.29, 1.82) is 0 Å². The topological polar surface area (TPSA) is 82.2 Å². The van der Waals surface area contributed by atoms with E-state index in [1.807, 2.05) is 24.3 Å². The number of para-hydroxylation sites is 1. The molecular formula is C14H14N2O3. The molecule has 0 radical (unpaired) electrons. The maximum Gasteiger partial charge on any atom is 0.326 e. The van der Waals surface area contributed by atoms with Gasteiger partial charge in [0.2, 0.25) is 0 Å². The summed E-state index contributed by atoms with van der Waals surface area (Å²) in [7, 11) is 0. The first-order valence-corrected chi connectivity index (χ1v) is 6.26. The number of amides is 1. The van der Waals surface area contributed by atoms with Crippen LogP contribution in [-0.4, -0.2) is 28.0 Å². The first kappa shape index (κ1) is 11.8. The van der Waals surface area contributed by atoms with Gasteiger partial charge >= 0.3 is 5.97 Å². The van der Waals surface area contributed by atoms with Crippen LogP contribution < -0.4 is 5.32 Å². The van der Waals surface area contributed by atoms with Gasteiger partial charge in [-0.3, -0.25) is 4.79 Å². The Bertz CT molecular complexity index is 643. The molecule has 1 unspecified atom stereocenters. The van der Waals surface area contributed by atoms with Gasteiger partial charge in [0.05, 0.1) is 5.56 Å². The van der Waals surface area contributed by atoms with Crippen molar-refractivity contribution < 1.29 is 14.7 Å². The Morgan fingerprint density at radius 2 is 2.05 bits per heavy atom. The number of aromatic nitrogens is 1. The molecule has 3 rings (SSSR count). The van der Waals surface area contributed by atoms with Crippen molar-refractivity contribution in [1.82, 2.24) is 10.3 Å². The standard InChI is InChI=1S/C14H14N2O3/c17-13(16-12(14(18)19)8-5-6-8)10-7-15-11-4-2-1-3-9(10)11/h1-4,7-8,12,15H,5-6H2,(H,16,17)(H,18,19). The molecule has 1 fully saturated rings. The number of nitrogens with one attached hydrogen (secondary N) is 2. The van der Waals surface area contributed by atoms with Crippen LogP contribution in [0.15, 0.2) is 30.5 Å². The molecule has 5 nitrogen and oxygen atoms in total. The monoisotopic (exact) mass is 258 g/mol. The smallest absolute Gasteiger partial charge is 0.326 e. The first-order chi connectivity index (χ1) is 9.16. The average molecular weight is 258 g/mol. The molecule has 1 aromatic heterocycles. The average Bonchev–Trinajstić information content (AvgIpc) is 3.14. The lowest BCUT2D eigenvalue weighted by Gasteiger charge is -2.12. The van der Waals surface area contributed by atoms with Crippen molar-refractivity contribution >= 4 is 22.8 Å². The lowest BCUT2D eigenvalue weighted by Crippen LogP contribution is -2.42. The number of carboxylic acids is 1. The molecule has 3 N–H and O–H groups in total. The van der Waals surface area contributed by atoms with Crippen molar-refractivity contribution in [2.75, 3.05) is 0 Å². The molecule has 1 amide bonds. The van der Waals surface area contributed by atoms with Gasteiger partial charge in [-0.2, -0.15) is 0 Å². The minimum atomic E-state index is -0.962. The number of rotatable bonds is 4. The van der Waals surface area contributed by atoms with E-state index in [-0.39, 0.29) is 11.8 Å². The Labute approximate surface area is 109 Å². The highest BCUT2D eigenvalue weighted by atomic mass is 16.4. The maximum atomic E-state index is 12.2. The highest BCUT2D eigenvalue weighted by Crippen LogP contribution is 2.33. The summed E-state index contributed by atoms with van der Waals surface area (Å²) >= 11 is 0. The summed E-state index contributed by atoms with van der Waals surface area (Å²) in [5.74, 6) is -1.22. The highest BCUT2D eigenvalue weighted by Gasteiger charge is 2.37. The number of carbonyl (C=O) groups excluding carboxylic acids is 1. The molecule has 98 valence electrons. The Morgan fingerprint density at radius 1 is 1.32 bits per heavy atom. The highest BCUT2D eigenvalue weighted by molar-refractivity contribution is 6.07. The van der Waals surface area contributed by atoms with Gasteiger partial charge in [0.15, 0.2) is 0 Å². The molecule has 1 saturated carbocycles. The van der Waals surface area contributed by atoms with Gasteiger partial charge in [0.1, 0.15) is 6.04 Å². The van der Waals surface area contributed by atoms with Gasteiger partial charge in [-0.1, -0.05) is 18.2 Å². The number of carbonyl (C=O) groups is 2. The van der Waals surface area contributed by atoms with E-state index in [0.717, 1.165) is 23.7 Å². The fourth-order valence-electron chi connectivity index (χ4n) is 2.29. The van der Waals surface area contributed by atoms with E-state index < -0.39 is 12.0 Å². The summed E-state index contributed by atoms with van der Waals surface area (Å²) in [6, 6.07) is 6.67. The van der Waals surface area contributed by atoms with Crippen molar-refractivity contribution in [2.24, 2.45) is 5.92 Å². The Morgan fingerprint density at radius 3 is 2.74 bits per heavy atom. The molecule has 0 aliphatic heterocycles. The van der Waals surface area contributed by atoms with Crippen LogP contribution >= 0.6 is 0 Å². The van der Waals surface area contributed by atoms with E-state index in [9.17, 15) is 9.59 Å². The lowest BCUT2D eigenvalue weighted by atomic mass is 10.1. The van der Waals surface area contributed by atoms with E-state index >= 15 is 0 Å². The third kappa shape index (κ3) is 2.19. The summed E-state index contributed by atoms with van der Waals surface area (Å²) in [5, 5.41) is 12.5. The van der Waals surface area contributed by atoms with Crippen LogP contribution in [0.2, 0.25) is 0 Å². The number of fused-ring (bicyclic) bond motifs is 1. The molecule has 0 saturated heterocycles. The van der Waals surface area contributed by atoms with Gasteiger partial charge in [0, 0.05) is 17.1 Å². The van der Waals surface area contributed by atoms with Gasteiger partial charge in [-0.15, -0.1) is 0 Å². The maximum absolute atomic E-state index is 12.2. The number of carboxylic acid groups (broad SMARTS) is 1. The summed E-state index contributed by atoms with van der Waals surface area (Å²) in [4.78, 5) is 26.3. The van der Waals surface area contributed by atoms with E-state index in [1.165, 1.54) is 0 Å². The summed E-state index contributed by atoms with van der Waals surface area (Å²) in [5.41, 5.74) is 1.36. The Kier molecular flexibility index (Phi) is 2.74. The van der Waals surface area contributed by atoms with E-state index in [0.29, 0.717) is 5.56 Å². The molecule has 0 bridgehead atoms. The Hall–Kier alpha value is -2.30. The SMILES string of the molecule is O=C(NC(C(=O)O)C1CC1)c1c[nH]c2ccccc12. The van der Waals surface area contributed by atoms with E-state index in [2.05, 4.69) is 10.3 Å². The molecule has 19 heavy (non-hydrogen) atoms. The minimum absolute atomic E-state index is 0.0756. The van der Waals surface area contributed by atoms with Crippen LogP contribution in [0.1, 0.15) is 23.2 Å². The van der Waals surface area contributed by atoms with Crippen LogP contribution in [0.3, 0.4) is 0 Å². The molecule has 1 aliphatic carbocycles. The third-order valence-corrected chi connectivity index (χ3v) is 3.48. The summed E-state index contributed by atoms with van der Waals surface area (Å²) < 4.78 is 0. The second-order valence-electron chi connectivity index (χ2n) is 4.87. The normalized spacial score (nSPS) is 16.2. The number of hydrogen-bond donors (Lipinski definition) is 3. The second-order valence-corrected chi connectivity index (χ2v) is 4.87. The molecule has 0 spiro atoms. The molecular weight excluding hydrogens is 244 g/mol. The van der Waals surface area contributed by atoms with Crippen molar-refractivity contribution in [2.45, 2.75) is 18.9 Å². The summed E-state index contributed by atoms with van der Waals surface area (Å²) in [6.07, 6.45) is 3.35. The van der Waals surface area contributed by atoms with Crippen LogP contribution in [0.25, 0.3) is 10.9 Å². The number of H-pyrrole nitrogens is 1. The quantitative estimate of drug-likeness (QED) is 0.781. The molecule has 1 aliphatic rings. The Balaban J connectivity index is 1.85. The third-order valence-electron chi connectivity index (χ3n) is 3.48. The molecule has 1 aromatic carbocycles. The number of aliphatic carboxylic acids is 1. The van der Waals surface area contributed by atoms with Crippen LogP contribution in [0.4, 0.5) is 0 Å². The zero-order valence-corrected chi connectivity index (χ0v) is 10.2. The second kappa shape index (κ2) is 4.42. The predicted octanol–water partition coefficient (Wildman–Crippen LogP) is 1.76.